The Labute approximate surface area is 251 Å². The molecule has 0 unspecified atom stereocenters. The van der Waals surface area contributed by atoms with E-state index in [0.717, 1.165) is 32.5 Å². The van der Waals surface area contributed by atoms with Gasteiger partial charge in [-0.1, -0.05) is 47.7 Å². The summed E-state index contributed by atoms with van der Waals surface area (Å²) in [5, 5.41) is 0.747. The fraction of sp³-hybridized carbons (Fsp3) is 0.281. The van der Waals surface area contributed by atoms with Crippen LogP contribution >= 0.6 is 23.1 Å². The molecule has 0 radical (unpaired) electrons. The summed E-state index contributed by atoms with van der Waals surface area (Å²) in [7, 11) is 0. The van der Waals surface area contributed by atoms with Crippen LogP contribution < -0.4 is 14.5 Å². The number of nitrogens with zero attached hydrogens (tertiary/aromatic N) is 1. The van der Waals surface area contributed by atoms with Gasteiger partial charge in [0.25, 0.3) is 0 Å². The van der Waals surface area contributed by atoms with Crippen molar-refractivity contribution in [1.29, 1.82) is 0 Å². The van der Waals surface area contributed by atoms with Crippen molar-refractivity contribution in [2.75, 3.05) is 4.90 Å². The first-order valence-corrected chi connectivity index (χ1v) is 15.7. The standard InChI is InChI=1S/C32H23F3N2O4S2/c33-32(34,35)16-7-5-8-17(13-16)37-29(38)24-20-14-21(25(24)30(37)39)26-23(20)22(27-28(42-26)36-31(40)43-27)15-6-4-11-19(12-15)41-18-9-2-1-3-10-18/h1-13,20-26H,14H2,(H,36,40)/t20-,21-,22+,23+,24+,25+,26-/m1/s1. The van der Waals surface area contributed by atoms with E-state index < -0.39 is 35.4 Å². The fourth-order valence-corrected chi connectivity index (χ4v) is 10.8. The molecule has 2 aliphatic heterocycles. The Bertz CT molecular complexity index is 1840. The van der Waals surface area contributed by atoms with E-state index in [1.54, 1.807) is 11.8 Å². The number of thiazole rings is 1. The number of hydrogen-bond donors (Lipinski definition) is 1. The van der Waals surface area contributed by atoms with Crippen LogP contribution in [0.1, 0.15) is 28.3 Å². The second kappa shape index (κ2) is 9.59. The number of rotatable bonds is 4. The molecule has 8 rings (SSSR count). The molecule has 1 saturated heterocycles. The van der Waals surface area contributed by atoms with E-state index in [-0.39, 0.29) is 39.5 Å². The van der Waals surface area contributed by atoms with Crippen molar-refractivity contribution >= 4 is 40.6 Å². The van der Waals surface area contributed by atoms with Crippen LogP contribution in [0.2, 0.25) is 0 Å². The normalized spacial score (nSPS) is 29.0. The average molecular weight is 621 g/mol. The highest BCUT2D eigenvalue weighted by Gasteiger charge is 2.69. The van der Waals surface area contributed by atoms with Gasteiger partial charge in [-0.25, -0.2) is 0 Å². The van der Waals surface area contributed by atoms with Gasteiger partial charge in [-0.3, -0.25) is 19.3 Å². The predicted molar refractivity (Wildman–Crippen MR) is 155 cm³/mol. The lowest BCUT2D eigenvalue weighted by molar-refractivity contribution is -0.137. The highest BCUT2D eigenvalue weighted by atomic mass is 32.2. The van der Waals surface area contributed by atoms with E-state index in [4.69, 9.17) is 4.74 Å². The number of amides is 2. The van der Waals surface area contributed by atoms with Crippen molar-refractivity contribution in [3.8, 4) is 11.5 Å². The van der Waals surface area contributed by atoms with E-state index in [1.165, 1.54) is 23.5 Å². The number of fused-ring (bicyclic) bond motifs is 9. The Morgan fingerprint density at radius 1 is 0.837 bits per heavy atom. The SMILES string of the molecule is O=C1[C@H]2[C@H]3C[C@@H]([C@@H]2C(=O)N1c1cccc(C(F)(F)F)c1)[C@H]1[C@H](c2cccc(Oc4ccccc4)c2)c2sc(=O)[nH]c2S[C@H]31. The molecule has 4 aromatic rings. The Balaban J connectivity index is 1.18. The van der Waals surface area contributed by atoms with Crippen molar-refractivity contribution in [2.45, 2.75) is 28.8 Å². The molecule has 218 valence electrons. The molecule has 43 heavy (non-hydrogen) atoms. The zero-order valence-electron chi connectivity index (χ0n) is 22.3. The number of anilines is 1. The lowest BCUT2D eigenvalue weighted by atomic mass is 9.68. The molecule has 3 aromatic carbocycles. The average Bonchev–Trinajstić information content (AvgIpc) is 3.72. The maximum absolute atomic E-state index is 13.9. The number of para-hydroxylation sites is 1. The molecule has 7 atom stereocenters. The highest BCUT2D eigenvalue weighted by molar-refractivity contribution is 8.00. The van der Waals surface area contributed by atoms with Crippen molar-refractivity contribution in [3.63, 3.8) is 0 Å². The predicted octanol–water partition coefficient (Wildman–Crippen LogP) is 6.93. The van der Waals surface area contributed by atoms with Gasteiger partial charge in [0, 0.05) is 16.0 Å². The van der Waals surface area contributed by atoms with Crippen molar-refractivity contribution in [2.24, 2.45) is 29.6 Å². The van der Waals surface area contributed by atoms with E-state index in [2.05, 4.69) is 4.98 Å². The highest BCUT2D eigenvalue weighted by Crippen LogP contribution is 2.68. The fourth-order valence-electron chi connectivity index (χ4n) is 7.86. The lowest BCUT2D eigenvalue weighted by Crippen LogP contribution is -2.42. The monoisotopic (exact) mass is 620 g/mol. The Morgan fingerprint density at radius 3 is 2.33 bits per heavy atom. The summed E-state index contributed by atoms with van der Waals surface area (Å²) in [6, 6.07) is 21.6. The van der Waals surface area contributed by atoms with Crippen LogP contribution in [0.4, 0.5) is 18.9 Å². The molecular weight excluding hydrogens is 597 g/mol. The van der Waals surface area contributed by atoms with E-state index in [9.17, 15) is 27.6 Å². The van der Waals surface area contributed by atoms with Crippen LogP contribution in [0.25, 0.3) is 0 Å². The number of carbonyl (C=O) groups is 2. The molecule has 2 amide bonds. The summed E-state index contributed by atoms with van der Waals surface area (Å²) in [5.41, 5.74) is 0.0109. The number of benzene rings is 3. The van der Waals surface area contributed by atoms with Crippen LogP contribution in [-0.4, -0.2) is 22.0 Å². The zero-order valence-corrected chi connectivity index (χ0v) is 23.9. The first-order chi connectivity index (χ1) is 20.7. The van der Waals surface area contributed by atoms with Gasteiger partial charge in [-0.05, 0) is 72.2 Å². The third kappa shape index (κ3) is 4.11. The van der Waals surface area contributed by atoms with Crippen LogP contribution in [0.3, 0.4) is 0 Å². The maximum Gasteiger partial charge on any atom is 0.416 e. The smallest absolute Gasteiger partial charge is 0.416 e. The zero-order chi connectivity index (χ0) is 29.6. The van der Waals surface area contributed by atoms with E-state index >= 15 is 0 Å². The van der Waals surface area contributed by atoms with Gasteiger partial charge in [0.1, 0.15) is 11.5 Å². The second-order valence-electron chi connectivity index (χ2n) is 11.5. The number of aromatic nitrogens is 1. The molecule has 2 bridgehead atoms. The summed E-state index contributed by atoms with van der Waals surface area (Å²) < 4.78 is 46.5. The number of carbonyl (C=O) groups excluding carboxylic acids is 2. The molecule has 3 heterocycles. The molecule has 3 fully saturated rings. The summed E-state index contributed by atoms with van der Waals surface area (Å²) in [5.74, 6) is -1.28. The molecule has 1 aromatic heterocycles. The number of hydrogen-bond acceptors (Lipinski definition) is 6. The first kappa shape index (κ1) is 26.8. The van der Waals surface area contributed by atoms with Gasteiger partial charge in [-0.2, -0.15) is 13.2 Å². The van der Waals surface area contributed by atoms with Crippen LogP contribution in [0.15, 0.2) is 88.7 Å². The van der Waals surface area contributed by atoms with Gasteiger partial charge < -0.3 is 9.72 Å². The molecule has 2 aliphatic carbocycles. The Kier molecular flexibility index (Phi) is 5.97. The molecular formula is C32H23F3N2O4S2. The third-order valence-corrected chi connectivity index (χ3v) is 11.9. The second-order valence-corrected chi connectivity index (χ2v) is 13.7. The van der Waals surface area contributed by atoms with Gasteiger partial charge in [0.2, 0.25) is 11.8 Å². The summed E-state index contributed by atoms with van der Waals surface area (Å²) in [6.07, 6.45) is -3.91. The summed E-state index contributed by atoms with van der Waals surface area (Å²) >= 11 is 2.73. The number of halogens is 3. The minimum Gasteiger partial charge on any atom is -0.457 e. The van der Waals surface area contributed by atoms with Crippen molar-refractivity contribution in [1.82, 2.24) is 4.98 Å². The molecule has 4 aliphatic rings. The number of aromatic amines is 1. The van der Waals surface area contributed by atoms with Crippen LogP contribution in [0.5, 0.6) is 11.5 Å². The summed E-state index contributed by atoms with van der Waals surface area (Å²) in [6.45, 7) is 0. The molecule has 11 heteroatoms. The van der Waals surface area contributed by atoms with E-state index in [0.29, 0.717) is 17.9 Å². The van der Waals surface area contributed by atoms with Crippen molar-refractivity contribution < 1.29 is 27.5 Å². The van der Waals surface area contributed by atoms with Crippen LogP contribution in [-0.2, 0) is 15.8 Å². The van der Waals surface area contributed by atoms with Crippen molar-refractivity contribution in [3.05, 3.63) is 105 Å². The van der Waals surface area contributed by atoms with Crippen LogP contribution in [0, 0.1) is 29.6 Å². The molecule has 6 nitrogen and oxygen atoms in total. The number of ether oxygens (including phenoxy) is 1. The number of nitrogens with one attached hydrogen (secondary N) is 1. The Morgan fingerprint density at radius 2 is 1.56 bits per heavy atom. The largest absolute Gasteiger partial charge is 0.457 e. The number of imide groups is 1. The van der Waals surface area contributed by atoms with Gasteiger partial charge >= 0.3 is 11.0 Å². The maximum atomic E-state index is 13.9. The lowest BCUT2D eigenvalue weighted by Gasteiger charge is -2.43. The van der Waals surface area contributed by atoms with E-state index in [1.807, 2.05) is 54.6 Å². The Hall–Kier alpha value is -3.83. The minimum atomic E-state index is -4.59. The quantitative estimate of drug-likeness (QED) is 0.251. The first-order valence-electron chi connectivity index (χ1n) is 14.0. The third-order valence-electron chi connectivity index (χ3n) is 9.35. The number of thioether (sulfide) groups is 1. The van der Waals surface area contributed by atoms with Gasteiger partial charge in [0.15, 0.2) is 0 Å². The van der Waals surface area contributed by atoms with Gasteiger partial charge in [0.05, 0.1) is 28.1 Å². The topological polar surface area (TPSA) is 79.5 Å². The minimum absolute atomic E-state index is 0.0362. The molecule has 2 saturated carbocycles. The molecule has 1 N–H and O–H groups in total. The molecule has 0 spiro atoms. The van der Waals surface area contributed by atoms with Gasteiger partial charge in [-0.15, -0.1) is 11.8 Å². The number of H-pyrrole nitrogens is 1. The summed E-state index contributed by atoms with van der Waals surface area (Å²) in [4.78, 5) is 45.0. The number of alkyl halides is 3.